The van der Waals surface area contributed by atoms with Crippen LogP contribution >= 0.6 is 15.9 Å². The summed E-state index contributed by atoms with van der Waals surface area (Å²) in [6.07, 6.45) is 0. The number of nitrogens with one attached hydrogen (secondary N) is 2. The van der Waals surface area contributed by atoms with E-state index in [0.717, 1.165) is 15.7 Å². The molecular weight excluding hydrogens is 328 g/mol. The minimum absolute atomic E-state index is 0.0388. The van der Waals surface area contributed by atoms with Crippen LogP contribution in [-0.4, -0.2) is 11.9 Å². The maximum absolute atomic E-state index is 12.2. The lowest BCUT2D eigenvalue weighted by Gasteiger charge is -2.20. The molecule has 1 unspecified atom stereocenters. The zero-order valence-electron chi connectivity index (χ0n) is 12.1. The summed E-state index contributed by atoms with van der Waals surface area (Å²) in [7, 11) is 0. The first-order valence-corrected chi connectivity index (χ1v) is 7.73. The van der Waals surface area contributed by atoms with Crippen LogP contribution in [0.2, 0.25) is 0 Å². The molecule has 2 rings (SSSR count). The summed E-state index contributed by atoms with van der Waals surface area (Å²) < 4.78 is 1.04. The van der Waals surface area contributed by atoms with Gasteiger partial charge in [0.25, 0.3) is 0 Å². The first kappa shape index (κ1) is 15.7. The smallest absolute Gasteiger partial charge is 0.241 e. The van der Waals surface area contributed by atoms with E-state index in [-0.39, 0.29) is 18.0 Å². The van der Waals surface area contributed by atoms with Gasteiger partial charge in [-0.1, -0.05) is 46.3 Å². The molecule has 2 aromatic rings. The van der Waals surface area contributed by atoms with Crippen molar-refractivity contribution in [2.24, 2.45) is 0 Å². The third-order valence-electron chi connectivity index (χ3n) is 3.28. The standard InChI is InChI=1S/C17H19BrN2O/c1-12(14-7-6-8-15(18)11-14)19-13(2)17(21)20-16-9-4-3-5-10-16/h3-13,19H,1-2H3,(H,20,21)/t12-,13?/m0/s1. The molecule has 0 aliphatic carbocycles. The number of benzene rings is 2. The molecular formula is C17H19BrN2O. The fraction of sp³-hybridized carbons (Fsp3) is 0.235. The van der Waals surface area contributed by atoms with Gasteiger partial charge in [-0.2, -0.15) is 0 Å². The number of hydrogen-bond donors (Lipinski definition) is 2. The van der Waals surface area contributed by atoms with Crippen molar-refractivity contribution in [2.75, 3.05) is 5.32 Å². The third kappa shape index (κ3) is 4.69. The monoisotopic (exact) mass is 346 g/mol. The molecule has 0 saturated heterocycles. The second kappa shape index (κ2) is 7.38. The van der Waals surface area contributed by atoms with Crippen molar-refractivity contribution in [2.45, 2.75) is 25.9 Å². The number of carbonyl (C=O) groups is 1. The molecule has 21 heavy (non-hydrogen) atoms. The van der Waals surface area contributed by atoms with E-state index in [4.69, 9.17) is 0 Å². The Kier molecular flexibility index (Phi) is 5.53. The molecule has 1 amide bonds. The number of rotatable bonds is 5. The Labute approximate surface area is 133 Å². The molecule has 0 saturated carbocycles. The van der Waals surface area contributed by atoms with Crippen LogP contribution in [0.15, 0.2) is 59.1 Å². The fourth-order valence-corrected chi connectivity index (χ4v) is 2.51. The van der Waals surface area contributed by atoms with Crippen LogP contribution in [0.3, 0.4) is 0 Å². The summed E-state index contributed by atoms with van der Waals surface area (Å²) in [6.45, 7) is 3.92. The van der Waals surface area contributed by atoms with Gasteiger partial charge in [0.05, 0.1) is 6.04 Å². The fourth-order valence-electron chi connectivity index (χ4n) is 2.09. The largest absolute Gasteiger partial charge is 0.325 e. The first-order chi connectivity index (χ1) is 10.1. The predicted octanol–water partition coefficient (Wildman–Crippen LogP) is 4.13. The van der Waals surface area contributed by atoms with Crippen molar-refractivity contribution in [3.05, 3.63) is 64.6 Å². The molecule has 2 atom stereocenters. The molecule has 2 aromatic carbocycles. The lowest BCUT2D eigenvalue weighted by molar-refractivity contribution is -0.117. The number of hydrogen-bond acceptors (Lipinski definition) is 2. The normalized spacial score (nSPS) is 13.5. The van der Waals surface area contributed by atoms with Crippen LogP contribution in [0.25, 0.3) is 0 Å². The summed E-state index contributed by atoms with van der Waals surface area (Å²) in [5.74, 6) is -0.0388. The van der Waals surface area contributed by atoms with E-state index in [9.17, 15) is 4.79 Å². The van der Waals surface area contributed by atoms with Gasteiger partial charge < -0.3 is 5.32 Å². The Morgan fingerprint density at radius 1 is 1.05 bits per heavy atom. The van der Waals surface area contributed by atoms with Gasteiger partial charge in [0, 0.05) is 16.2 Å². The SMILES string of the molecule is CC(N[C@@H](C)c1cccc(Br)c1)C(=O)Nc1ccccc1. The van der Waals surface area contributed by atoms with Crippen LogP contribution in [-0.2, 0) is 4.79 Å². The summed E-state index contributed by atoms with van der Waals surface area (Å²) in [6, 6.07) is 17.4. The van der Waals surface area contributed by atoms with Gasteiger partial charge in [0.15, 0.2) is 0 Å². The van der Waals surface area contributed by atoms with Crippen LogP contribution in [0.4, 0.5) is 5.69 Å². The first-order valence-electron chi connectivity index (χ1n) is 6.93. The summed E-state index contributed by atoms with van der Waals surface area (Å²) in [5.41, 5.74) is 1.95. The second-order valence-electron chi connectivity index (χ2n) is 5.02. The van der Waals surface area contributed by atoms with Gasteiger partial charge in [-0.15, -0.1) is 0 Å². The summed E-state index contributed by atoms with van der Waals surface area (Å²) in [5, 5.41) is 6.21. The lowest BCUT2D eigenvalue weighted by Crippen LogP contribution is -2.39. The quantitative estimate of drug-likeness (QED) is 0.854. The summed E-state index contributed by atoms with van der Waals surface area (Å²) >= 11 is 3.46. The maximum Gasteiger partial charge on any atom is 0.241 e. The molecule has 3 nitrogen and oxygen atoms in total. The van der Waals surface area contributed by atoms with Crippen LogP contribution in [0.1, 0.15) is 25.5 Å². The molecule has 0 bridgehead atoms. The highest BCUT2D eigenvalue weighted by Gasteiger charge is 2.16. The molecule has 4 heteroatoms. The van der Waals surface area contributed by atoms with Gasteiger partial charge in [0.2, 0.25) is 5.91 Å². The van der Waals surface area contributed by atoms with Crippen LogP contribution < -0.4 is 10.6 Å². The number of carbonyl (C=O) groups excluding carboxylic acids is 1. The lowest BCUT2D eigenvalue weighted by atomic mass is 10.1. The average molecular weight is 347 g/mol. The van der Waals surface area contributed by atoms with Gasteiger partial charge in [-0.3, -0.25) is 10.1 Å². The molecule has 110 valence electrons. The van der Waals surface area contributed by atoms with E-state index in [1.54, 1.807) is 0 Å². The number of para-hydroxylation sites is 1. The highest BCUT2D eigenvalue weighted by molar-refractivity contribution is 9.10. The van der Waals surface area contributed by atoms with Gasteiger partial charge in [0.1, 0.15) is 0 Å². The highest BCUT2D eigenvalue weighted by atomic mass is 79.9. The molecule has 0 aliphatic heterocycles. The minimum atomic E-state index is -0.279. The maximum atomic E-state index is 12.2. The molecule has 0 aromatic heterocycles. The molecule has 0 fully saturated rings. The average Bonchev–Trinajstić information content (AvgIpc) is 2.48. The van der Waals surface area contributed by atoms with Crippen LogP contribution in [0.5, 0.6) is 0 Å². The Balaban J connectivity index is 1.94. The Morgan fingerprint density at radius 3 is 2.43 bits per heavy atom. The molecule has 0 aliphatic rings. The van der Waals surface area contributed by atoms with Gasteiger partial charge in [-0.05, 0) is 43.7 Å². The van der Waals surface area contributed by atoms with E-state index < -0.39 is 0 Å². The summed E-state index contributed by atoms with van der Waals surface area (Å²) in [4.78, 5) is 12.2. The van der Waals surface area contributed by atoms with Crippen molar-refractivity contribution in [1.29, 1.82) is 0 Å². The number of halogens is 1. The van der Waals surface area contributed by atoms with E-state index in [1.807, 2.05) is 62.4 Å². The van der Waals surface area contributed by atoms with E-state index >= 15 is 0 Å². The minimum Gasteiger partial charge on any atom is -0.325 e. The predicted molar refractivity (Wildman–Crippen MR) is 90.2 cm³/mol. The number of anilines is 1. The molecule has 0 heterocycles. The van der Waals surface area contributed by atoms with Crippen molar-refractivity contribution >= 4 is 27.5 Å². The zero-order valence-corrected chi connectivity index (χ0v) is 13.7. The second-order valence-corrected chi connectivity index (χ2v) is 5.94. The van der Waals surface area contributed by atoms with E-state index in [2.05, 4.69) is 32.6 Å². The van der Waals surface area contributed by atoms with Gasteiger partial charge >= 0.3 is 0 Å². The van der Waals surface area contributed by atoms with Crippen molar-refractivity contribution in [3.8, 4) is 0 Å². The topological polar surface area (TPSA) is 41.1 Å². The number of amides is 1. The van der Waals surface area contributed by atoms with E-state index in [0.29, 0.717) is 0 Å². The Morgan fingerprint density at radius 2 is 1.76 bits per heavy atom. The Hall–Kier alpha value is -1.65. The molecule has 0 spiro atoms. The van der Waals surface area contributed by atoms with Crippen LogP contribution in [0, 0.1) is 0 Å². The van der Waals surface area contributed by atoms with Crippen molar-refractivity contribution < 1.29 is 4.79 Å². The van der Waals surface area contributed by atoms with Crippen molar-refractivity contribution in [3.63, 3.8) is 0 Å². The molecule has 0 radical (unpaired) electrons. The zero-order chi connectivity index (χ0) is 15.2. The van der Waals surface area contributed by atoms with Crippen molar-refractivity contribution in [1.82, 2.24) is 5.32 Å². The Bertz CT molecular complexity index is 601. The highest BCUT2D eigenvalue weighted by Crippen LogP contribution is 2.18. The van der Waals surface area contributed by atoms with E-state index in [1.165, 1.54) is 0 Å². The van der Waals surface area contributed by atoms with Gasteiger partial charge in [-0.25, -0.2) is 0 Å². The third-order valence-corrected chi connectivity index (χ3v) is 3.78. The molecule has 2 N–H and O–H groups in total.